The Morgan fingerprint density at radius 3 is 3.00 bits per heavy atom. The van der Waals surface area contributed by atoms with Crippen LogP contribution in [0, 0.1) is 5.92 Å². The molecule has 0 bridgehead atoms. The van der Waals surface area contributed by atoms with Crippen molar-refractivity contribution in [1.82, 2.24) is 10.6 Å². The van der Waals surface area contributed by atoms with E-state index in [9.17, 15) is 4.79 Å². The van der Waals surface area contributed by atoms with E-state index in [0.717, 1.165) is 32.4 Å². The molecule has 3 heteroatoms. The van der Waals surface area contributed by atoms with Crippen LogP contribution in [0.15, 0.2) is 37.0 Å². The summed E-state index contributed by atoms with van der Waals surface area (Å²) in [4.78, 5) is 11.9. The lowest BCUT2D eigenvalue weighted by Gasteiger charge is -2.23. The fourth-order valence-electron chi connectivity index (χ4n) is 2.00. The molecule has 0 aliphatic carbocycles. The van der Waals surface area contributed by atoms with Gasteiger partial charge in [-0.2, -0.15) is 0 Å². The zero-order valence-corrected chi connectivity index (χ0v) is 11.2. The maximum atomic E-state index is 11.9. The minimum absolute atomic E-state index is 0.144. The minimum atomic E-state index is 0.144. The SMILES string of the molecule is C=C/C=C\C=C\C[C@H](C)NC(=O)C1CCCNC1. The van der Waals surface area contributed by atoms with Crippen LogP contribution in [0.1, 0.15) is 26.2 Å². The first-order valence-corrected chi connectivity index (χ1v) is 6.69. The van der Waals surface area contributed by atoms with Gasteiger partial charge in [-0.15, -0.1) is 0 Å². The number of hydrogen-bond acceptors (Lipinski definition) is 2. The van der Waals surface area contributed by atoms with Crippen LogP contribution in [0.5, 0.6) is 0 Å². The third-order valence-corrected chi connectivity index (χ3v) is 3.04. The Labute approximate surface area is 110 Å². The first-order chi connectivity index (χ1) is 8.74. The van der Waals surface area contributed by atoms with Crippen molar-refractivity contribution in [1.29, 1.82) is 0 Å². The van der Waals surface area contributed by atoms with Gasteiger partial charge in [-0.25, -0.2) is 0 Å². The Kier molecular flexibility index (Phi) is 7.11. The first kappa shape index (κ1) is 14.7. The summed E-state index contributed by atoms with van der Waals surface area (Å²) in [6, 6.07) is 0.188. The molecule has 3 nitrogen and oxygen atoms in total. The van der Waals surface area contributed by atoms with Crippen LogP contribution >= 0.6 is 0 Å². The average Bonchev–Trinajstić information content (AvgIpc) is 2.39. The maximum absolute atomic E-state index is 11.9. The van der Waals surface area contributed by atoms with Gasteiger partial charge < -0.3 is 10.6 Å². The molecule has 0 radical (unpaired) electrons. The lowest BCUT2D eigenvalue weighted by Crippen LogP contribution is -2.43. The quantitative estimate of drug-likeness (QED) is 0.707. The molecule has 0 aromatic heterocycles. The van der Waals surface area contributed by atoms with Gasteiger partial charge in [0.25, 0.3) is 0 Å². The van der Waals surface area contributed by atoms with Gasteiger partial charge in [-0.1, -0.05) is 37.0 Å². The molecule has 0 aromatic carbocycles. The fourth-order valence-corrected chi connectivity index (χ4v) is 2.00. The zero-order valence-electron chi connectivity index (χ0n) is 11.2. The summed E-state index contributed by atoms with van der Waals surface area (Å²) in [5, 5.41) is 6.33. The molecule has 1 amide bonds. The second kappa shape index (κ2) is 8.70. The second-order valence-electron chi connectivity index (χ2n) is 4.74. The van der Waals surface area contributed by atoms with Gasteiger partial charge in [0, 0.05) is 12.6 Å². The van der Waals surface area contributed by atoms with Gasteiger partial charge >= 0.3 is 0 Å². The Bertz CT molecular complexity index is 314. The monoisotopic (exact) mass is 248 g/mol. The third kappa shape index (κ3) is 5.82. The van der Waals surface area contributed by atoms with Crippen molar-refractivity contribution in [3.05, 3.63) is 37.0 Å². The van der Waals surface area contributed by atoms with E-state index in [1.807, 2.05) is 25.2 Å². The van der Waals surface area contributed by atoms with Crippen molar-refractivity contribution in [3.8, 4) is 0 Å². The molecule has 2 N–H and O–H groups in total. The van der Waals surface area contributed by atoms with Crippen molar-refractivity contribution in [2.75, 3.05) is 13.1 Å². The van der Waals surface area contributed by atoms with Crippen molar-refractivity contribution in [2.24, 2.45) is 5.92 Å². The highest BCUT2D eigenvalue weighted by Crippen LogP contribution is 2.10. The van der Waals surface area contributed by atoms with Gasteiger partial charge in [-0.3, -0.25) is 4.79 Å². The Hall–Kier alpha value is -1.35. The summed E-state index contributed by atoms with van der Waals surface area (Å²) in [7, 11) is 0. The van der Waals surface area contributed by atoms with Crippen molar-refractivity contribution < 1.29 is 4.79 Å². The molecule has 0 aromatic rings. The molecule has 1 aliphatic heterocycles. The number of carbonyl (C=O) groups excluding carboxylic acids is 1. The van der Waals surface area contributed by atoms with E-state index in [1.54, 1.807) is 6.08 Å². The minimum Gasteiger partial charge on any atom is -0.353 e. The summed E-state index contributed by atoms with van der Waals surface area (Å²) in [5.41, 5.74) is 0. The molecule has 18 heavy (non-hydrogen) atoms. The number of carbonyl (C=O) groups is 1. The number of nitrogens with one attached hydrogen (secondary N) is 2. The molecular weight excluding hydrogens is 224 g/mol. The Morgan fingerprint density at radius 1 is 1.50 bits per heavy atom. The predicted molar refractivity (Wildman–Crippen MR) is 76.3 cm³/mol. The van der Waals surface area contributed by atoms with E-state index in [2.05, 4.69) is 23.3 Å². The lowest BCUT2D eigenvalue weighted by atomic mass is 9.98. The van der Waals surface area contributed by atoms with E-state index in [0.29, 0.717) is 0 Å². The zero-order chi connectivity index (χ0) is 13.2. The summed E-state index contributed by atoms with van der Waals surface area (Å²) in [6.07, 6.45) is 12.6. The van der Waals surface area contributed by atoms with Gasteiger partial charge in [-0.05, 0) is 32.7 Å². The highest BCUT2D eigenvalue weighted by molar-refractivity contribution is 5.79. The number of rotatable bonds is 6. The van der Waals surface area contributed by atoms with Crippen LogP contribution in [0.3, 0.4) is 0 Å². The van der Waals surface area contributed by atoms with E-state index in [-0.39, 0.29) is 17.9 Å². The molecule has 1 unspecified atom stereocenters. The van der Waals surface area contributed by atoms with Crippen LogP contribution in [0.25, 0.3) is 0 Å². The largest absolute Gasteiger partial charge is 0.353 e. The molecule has 1 fully saturated rings. The van der Waals surface area contributed by atoms with Gasteiger partial charge in [0.1, 0.15) is 0 Å². The molecule has 1 saturated heterocycles. The van der Waals surface area contributed by atoms with Crippen molar-refractivity contribution >= 4 is 5.91 Å². The number of hydrogen-bond donors (Lipinski definition) is 2. The van der Waals surface area contributed by atoms with Crippen LogP contribution in [0.2, 0.25) is 0 Å². The van der Waals surface area contributed by atoms with E-state index in [1.165, 1.54) is 0 Å². The van der Waals surface area contributed by atoms with E-state index < -0.39 is 0 Å². The summed E-state index contributed by atoms with van der Waals surface area (Å²) in [6.45, 7) is 7.49. The first-order valence-electron chi connectivity index (χ1n) is 6.69. The standard InChI is InChI=1S/C15H24N2O/c1-3-4-5-6-7-9-13(2)17-15(18)14-10-8-11-16-12-14/h3-7,13-14,16H,1,8-12H2,2H3,(H,17,18)/b5-4-,7-6+/t13-,14?/m0/s1. The van der Waals surface area contributed by atoms with Crippen LogP contribution in [0.4, 0.5) is 0 Å². The predicted octanol–water partition coefficient (Wildman–Crippen LogP) is 2.18. The molecule has 0 saturated carbocycles. The van der Waals surface area contributed by atoms with Crippen LogP contribution in [-0.2, 0) is 4.79 Å². The highest BCUT2D eigenvalue weighted by Gasteiger charge is 2.21. The van der Waals surface area contributed by atoms with Crippen molar-refractivity contribution in [2.45, 2.75) is 32.2 Å². The molecule has 1 aliphatic rings. The van der Waals surface area contributed by atoms with Gasteiger partial charge in [0.2, 0.25) is 5.91 Å². The van der Waals surface area contributed by atoms with Crippen molar-refractivity contribution in [3.63, 3.8) is 0 Å². The normalized spacial score (nSPS) is 22.2. The average molecular weight is 248 g/mol. The second-order valence-corrected chi connectivity index (χ2v) is 4.74. The topological polar surface area (TPSA) is 41.1 Å². The highest BCUT2D eigenvalue weighted by atomic mass is 16.1. The molecular formula is C15H24N2O. The fraction of sp³-hybridized carbons (Fsp3) is 0.533. The summed E-state index contributed by atoms with van der Waals surface area (Å²) >= 11 is 0. The van der Waals surface area contributed by atoms with Crippen LogP contribution in [-0.4, -0.2) is 25.0 Å². The Morgan fingerprint density at radius 2 is 2.33 bits per heavy atom. The number of allylic oxidation sites excluding steroid dienone is 4. The summed E-state index contributed by atoms with van der Waals surface area (Å²) in [5.74, 6) is 0.329. The molecule has 2 atom stereocenters. The smallest absolute Gasteiger partial charge is 0.224 e. The number of piperidine rings is 1. The third-order valence-electron chi connectivity index (χ3n) is 3.04. The lowest BCUT2D eigenvalue weighted by molar-refractivity contribution is -0.126. The van der Waals surface area contributed by atoms with Gasteiger partial charge in [0.05, 0.1) is 5.92 Å². The molecule has 100 valence electrons. The Balaban J connectivity index is 2.23. The summed E-state index contributed by atoms with van der Waals surface area (Å²) < 4.78 is 0. The molecule has 1 rings (SSSR count). The van der Waals surface area contributed by atoms with Crippen LogP contribution < -0.4 is 10.6 Å². The van der Waals surface area contributed by atoms with E-state index >= 15 is 0 Å². The number of amides is 1. The van der Waals surface area contributed by atoms with Gasteiger partial charge in [0.15, 0.2) is 0 Å². The molecule has 0 spiro atoms. The molecule has 1 heterocycles. The maximum Gasteiger partial charge on any atom is 0.224 e. The van der Waals surface area contributed by atoms with E-state index in [4.69, 9.17) is 0 Å².